The summed E-state index contributed by atoms with van der Waals surface area (Å²) in [5.41, 5.74) is 2.10. The third kappa shape index (κ3) is 3.15. The first kappa shape index (κ1) is 14.1. The van der Waals surface area contributed by atoms with E-state index < -0.39 is 0 Å². The van der Waals surface area contributed by atoms with Gasteiger partial charge in [-0.1, -0.05) is 0 Å². The summed E-state index contributed by atoms with van der Waals surface area (Å²) in [6.45, 7) is 7.58. The molecule has 0 radical (unpaired) electrons. The first-order valence-corrected chi connectivity index (χ1v) is 7.09. The highest BCUT2D eigenvalue weighted by molar-refractivity contribution is 5.94. The number of hydrogen-bond donors (Lipinski definition) is 2. The highest BCUT2D eigenvalue weighted by Gasteiger charge is 2.28. The molecule has 0 bridgehead atoms. The molecule has 19 heavy (non-hydrogen) atoms. The molecule has 0 atom stereocenters. The van der Waals surface area contributed by atoms with Crippen molar-refractivity contribution in [3.05, 3.63) is 11.1 Å². The predicted molar refractivity (Wildman–Crippen MR) is 73.6 cm³/mol. The van der Waals surface area contributed by atoms with Crippen molar-refractivity contribution in [2.24, 2.45) is 5.92 Å². The third-order valence-corrected chi connectivity index (χ3v) is 4.03. The van der Waals surface area contributed by atoms with E-state index in [2.05, 4.69) is 10.6 Å². The van der Waals surface area contributed by atoms with Gasteiger partial charge in [-0.2, -0.15) is 0 Å². The fourth-order valence-corrected chi connectivity index (χ4v) is 2.57. The van der Waals surface area contributed by atoms with E-state index in [0.717, 1.165) is 31.5 Å². The van der Waals surface area contributed by atoms with Gasteiger partial charge in [0, 0.05) is 44.2 Å². The summed E-state index contributed by atoms with van der Waals surface area (Å²) in [7, 11) is 0. The average molecular weight is 265 g/mol. The number of carbonyl (C=O) groups excluding carboxylic acids is 2. The molecule has 0 aromatic rings. The number of piperidine rings is 1. The molecule has 0 aromatic heterocycles. The lowest BCUT2D eigenvalue weighted by Gasteiger charge is -2.33. The fraction of sp³-hybridized carbons (Fsp3) is 0.714. The molecule has 2 saturated heterocycles. The largest absolute Gasteiger partial charge is 0.356 e. The molecule has 0 aromatic carbocycles. The van der Waals surface area contributed by atoms with Crippen LogP contribution in [-0.2, 0) is 9.59 Å². The van der Waals surface area contributed by atoms with Crippen LogP contribution in [0.1, 0.15) is 26.7 Å². The molecule has 0 saturated carbocycles. The van der Waals surface area contributed by atoms with Gasteiger partial charge in [0.2, 0.25) is 11.8 Å². The SMILES string of the molecule is CCNC(=O)C1CCN(C(=O)C(C)=C2CNC2)CC1. The van der Waals surface area contributed by atoms with Crippen LogP contribution in [0.2, 0.25) is 0 Å². The Morgan fingerprint density at radius 3 is 2.42 bits per heavy atom. The molecule has 0 spiro atoms. The van der Waals surface area contributed by atoms with Gasteiger partial charge in [-0.05, 0) is 32.3 Å². The second-order valence-corrected chi connectivity index (χ2v) is 5.29. The standard InChI is InChI=1S/C14H23N3O2/c1-3-16-13(18)11-4-6-17(7-5-11)14(19)10(2)12-8-15-9-12/h11,15H,3-9H2,1-2H3,(H,16,18). The minimum absolute atomic E-state index is 0.0716. The molecule has 0 unspecified atom stereocenters. The van der Waals surface area contributed by atoms with Crippen LogP contribution in [-0.4, -0.2) is 49.4 Å². The molecule has 2 aliphatic heterocycles. The van der Waals surface area contributed by atoms with Gasteiger partial charge in [-0.15, -0.1) is 0 Å². The maximum atomic E-state index is 12.3. The van der Waals surface area contributed by atoms with Crippen molar-refractivity contribution < 1.29 is 9.59 Å². The van der Waals surface area contributed by atoms with Crippen molar-refractivity contribution in [2.75, 3.05) is 32.7 Å². The highest BCUT2D eigenvalue weighted by Crippen LogP contribution is 2.20. The van der Waals surface area contributed by atoms with Crippen molar-refractivity contribution >= 4 is 11.8 Å². The molecule has 5 nitrogen and oxygen atoms in total. The molecule has 0 aliphatic carbocycles. The molecule has 2 rings (SSSR count). The van der Waals surface area contributed by atoms with Crippen LogP contribution in [0.4, 0.5) is 0 Å². The second-order valence-electron chi connectivity index (χ2n) is 5.29. The van der Waals surface area contributed by atoms with Crippen LogP contribution in [0.5, 0.6) is 0 Å². The lowest BCUT2D eigenvalue weighted by molar-refractivity contribution is -0.132. The third-order valence-electron chi connectivity index (χ3n) is 4.03. The molecule has 2 fully saturated rings. The van der Waals surface area contributed by atoms with Crippen LogP contribution < -0.4 is 10.6 Å². The van der Waals surface area contributed by atoms with Crippen LogP contribution in [0.15, 0.2) is 11.1 Å². The fourth-order valence-electron chi connectivity index (χ4n) is 2.57. The van der Waals surface area contributed by atoms with E-state index in [9.17, 15) is 9.59 Å². The van der Waals surface area contributed by atoms with Gasteiger partial charge in [0.1, 0.15) is 0 Å². The lowest BCUT2D eigenvalue weighted by Crippen LogP contribution is -2.44. The quantitative estimate of drug-likeness (QED) is 0.721. The van der Waals surface area contributed by atoms with Crippen LogP contribution in [0.25, 0.3) is 0 Å². The molecular weight excluding hydrogens is 242 g/mol. The van der Waals surface area contributed by atoms with Crippen LogP contribution in [0, 0.1) is 5.92 Å². The van der Waals surface area contributed by atoms with Gasteiger partial charge in [-0.25, -0.2) is 0 Å². The molecule has 2 amide bonds. The van der Waals surface area contributed by atoms with Gasteiger partial charge in [0.05, 0.1) is 0 Å². The zero-order valence-corrected chi connectivity index (χ0v) is 11.8. The smallest absolute Gasteiger partial charge is 0.249 e. The number of nitrogens with one attached hydrogen (secondary N) is 2. The van der Waals surface area contributed by atoms with Gasteiger partial charge >= 0.3 is 0 Å². The van der Waals surface area contributed by atoms with Crippen LogP contribution >= 0.6 is 0 Å². The summed E-state index contributed by atoms with van der Waals surface area (Å²) in [5, 5.41) is 6.01. The molecule has 2 heterocycles. The van der Waals surface area contributed by atoms with E-state index in [1.165, 1.54) is 5.57 Å². The van der Waals surface area contributed by atoms with Gasteiger partial charge in [0.25, 0.3) is 0 Å². The summed E-state index contributed by atoms with van der Waals surface area (Å²) in [4.78, 5) is 25.9. The van der Waals surface area contributed by atoms with E-state index >= 15 is 0 Å². The molecule has 5 heteroatoms. The van der Waals surface area contributed by atoms with Crippen molar-refractivity contribution in [2.45, 2.75) is 26.7 Å². The normalized spacial score (nSPS) is 19.9. The Balaban J connectivity index is 1.86. The van der Waals surface area contributed by atoms with E-state index in [-0.39, 0.29) is 17.7 Å². The Morgan fingerprint density at radius 2 is 1.95 bits per heavy atom. The van der Waals surface area contributed by atoms with Crippen molar-refractivity contribution in [1.82, 2.24) is 15.5 Å². The summed E-state index contributed by atoms with van der Waals surface area (Å²) in [6, 6.07) is 0. The zero-order chi connectivity index (χ0) is 13.8. The molecular formula is C14H23N3O2. The van der Waals surface area contributed by atoms with E-state index in [4.69, 9.17) is 0 Å². The van der Waals surface area contributed by atoms with E-state index in [1.807, 2.05) is 18.7 Å². The topological polar surface area (TPSA) is 61.4 Å². The minimum Gasteiger partial charge on any atom is -0.356 e. The number of likely N-dealkylation sites (tertiary alicyclic amines) is 1. The molecule has 106 valence electrons. The zero-order valence-electron chi connectivity index (χ0n) is 11.8. The first-order chi connectivity index (χ1) is 9.13. The summed E-state index contributed by atoms with van der Waals surface area (Å²) in [5.74, 6) is 0.348. The highest BCUT2D eigenvalue weighted by atomic mass is 16.2. The summed E-state index contributed by atoms with van der Waals surface area (Å²) in [6.07, 6.45) is 1.55. The van der Waals surface area contributed by atoms with Gasteiger partial charge in [-0.3, -0.25) is 9.59 Å². The Hall–Kier alpha value is -1.36. The van der Waals surface area contributed by atoms with E-state index in [1.54, 1.807) is 0 Å². The Bertz CT molecular complexity index is 389. The first-order valence-electron chi connectivity index (χ1n) is 7.09. The average Bonchev–Trinajstić information content (AvgIpc) is 2.36. The van der Waals surface area contributed by atoms with Crippen molar-refractivity contribution in [3.63, 3.8) is 0 Å². The number of nitrogens with zero attached hydrogens (tertiary/aromatic N) is 1. The number of rotatable bonds is 3. The maximum Gasteiger partial charge on any atom is 0.249 e. The Kier molecular flexibility index (Phi) is 4.58. The second kappa shape index (κ2) is 6.19. The number of hydrogen-bond acceptors (Lipinski definition) is 3. The lowest BCUT2D eigenvalue weighted by atomic mass is 9.94. The van der Waals surface area contributed by atoms with Crippen molar-refractivity contribution in [1.29, 1.82) is 0 Å². The van der Waals surface area contributed by atoms with Crippen LogP contribution in [0.3, 0.4) is 0 Å². The Morgan fingerprint density at radius 1 is 1.32 bits per heavy atom. The summed E-state index contributed by atoms with van der Waals surface area (Å²) < 4.78 is 0. The monoisotopic (exact) mass is 265 g/mol. The Labute approximate surface area is 114 Å². The number of amides is 2. The van der Waals surface area contributed by atoms with Gasteiger partial charge < -0.3 is 15.5 Å². The van der Waals surface area contributed by atoms with E-state index in [0.29, 0.717) is 19.6 Å². The maximum absolute atomic E-state index is 12.3. The molecule has 2 aliphatic rings. The van der Waals surface area contributed by atoms with Crippen molar-refractivity contribution in [3.8, 4) is 0 Å². The van der Waals surface area contributed by atoms with Gasteiger partial charge in [0.15, 0.2) is 0 Å². The molecule has 2 N–H and O–H groups in total. The minimum atomic E-state index is 0.0716. The number of carbonyl (C=O) groups is 2. The predicted octanol–water partition coefficient (Wildman–Crippen LogP) is 0.281. The summed E-state index contributed by atoms with van der Waals surface area (Å²) >= 11 is 0.